The van der Waals surface area contributed by atoms with E-state index in [-0.39, 0.29) is 11.9 Å². The molecular formula is C13H14FN3OS. The third-order valence-corrected chi connectivity index (χ3v) is 3.89. The van der Waals surface area contributed by atoms with Crippen LogP contribution in [0.25, 0.3) is 0 Å². The number of aromatic nitrogens is 3. The zero-order chi connectivity index (χ0) is 13.1. The number of nitrogens with zero attached hydrogens (tertiary/aromatic N) is 2. The Bertz CT molecular complexity index is 554. The predicted molar refractivity (Wildman–Crippen MR) is 70.3 cm³/mol. The maximum atomic E-state index is 13.0. The van der Waals surface area contributed by atoms with Gasteiger partial charge < -0.3 is 4.74 Å². The van der Waals surface area contributed by atoms with Crippen molar-refractivity contribution in [3.8, 4) is 0 Å². The van der Waals surface area contributed by atoms with Crippen molar-refractivity contribution in [2.24, 2.45) is 0 Å². The van der Waals surface area contributed by atoms with Crippen LogP contribution in [0.2, 0.25) is 0 Å². The fourth-order valence-corrected chi connectivity index (χ4v) is 2.78. The van der Waals surface area contributed by atoms with Gasteiger partial charge in [-0.1, -0.05) is 23.9 Å². The topological polar surface area (TPSA) is 50.8 Å². The van der Waals surface area contributed by atoms with Crippen molar-refractivity contribution in [2.75, 3.05) is 6.61 Å². The second-order valence-electron chi connectivity index (χ2n) is 4.42. The average Bonchev–Trinajstić information content (AvgIpc) is 3.07. The Morgan fingerprint density at radius 3 is 3.21 bits per heavy atom. The van der Waals surface area contributed by atoms with Gasteiger partial charge in [0.25, 0.3) is 0 Å². The Balaban J connectivity index is 1.61. The molecule has 2 aromatic rings. The molecule has 1 aliphatic rings. The molecule has 1 aromatic carbocycles. The molecular weight excluding hydrogens is 265 g/mol. The highest BCUT2D eigenvalue weighted by atomic mass is 32.2. The Kier molecular flexibility index (Phi) is 3.79. The van der Waals surface area contributed by atoms with Crippen LogP contribution in [0, 0.1) is 5.82 Å². The summed E-state index contributed by atoms with van der Waals surface area (Å²) in [5, 5.41) is 7.74. The van der Waals surface area contributed by atoms with Crippen molar-refractivity contribution in [3.05, 3.63) is 41.5 Å². The van der Waals surface area contributed by atoms with E-state index >= 15 is 0 Å². The number of hydrogen-bond donors (Lipinski definition) is 1. The lowest BCUT2D eigenvalue weighted by Gasteiger charge is -2.02. The average molecular weight is 279 g/mol. The number of H-pyrrole nitrogens is 1. The Morgan fingerprint density at radius 2 is 2.42 bits per heavy atom. The first-order chi connectivity index (χ1) is 9.31. The molecule has 2 heterocycles. The van der Waals surface area contributed by atoms with Crippen molar-refractivity contribution < 1.29 is 9.13 Å². The van der Waals surface area contributed by atoms with Crippen molar-refractivity contribution >= 4 is 11.8 Å². The Labute approximate surface area is 114 Å². The van der Waals surface area contributed by atoms with Crippen LogP contribution < -0.4 is 0 Å². The molecule has 1 aliphatic heterocycles. The zero-order valence-corrected chi connectivity index (χ0v) is 11.1. The summed E-state index contributed by atoms with van der Waals surface area (Å²) in [6, 6.07) is 6.57. The van der Waals surface area contributed by atoms with Gasteiger partial charge in [-0.15, -0.1) is 5.10 Å². The van der Waals surface area contributed by atoms with E-state index in [9.17, 15) is 4.39 Å². The second kappa shape index (κ2) is 5.71. The maximum Gasteiger partial charge on any atom is 0.208 e. The molecule has 0 spiro atoms. The predicted octanol–water partition coefficient (Wildman–Crippen LogP) is 3.09. The monoisotopic (exact) mass is 279 g/mol. The molecule has 0 unspecified atom stereocenters. The number of nitrogens with one attached hydrogen (secondary N) is 1. The number of aromatic amines is 1. The molecule has 1 saturated heterocycles. The molecule has 0 bridgehead atoms. The molecule has 1 atom stereocenters. The highest BCUT2D eigenvalue weighted by Crippen LogP contribution is 2.27. The third kappa shape index (κ3) is 3.13. The van der Waals surface area contributed by atoms with Crippen LogP contribution in [-0.2, 0) is 10.5 Å². The molecule has 0 radical (unpaired) electrons. The Morgan fingerprint density at radius 1 is 1.47 bits per heavy atom. The minimum atomic E-state index is -0.215. The van der Waals surface area contributed by atoms with Crippen molar-refractivity contribution in [2.45, 2.75) is 29.9 Å². The summed E-state index contributed by atoms with van der Waals surface area (Å²) in [5.41, 5.74) is 0.925. The van der Waals surface area contributed by atoms with Crippen LogP contribution >= 0.6 is 11.8 Å². The van der Waals surface area contributed by atoms with Crippen LogP contribution in [0.3, 0.4) is 0 Å². The highest BCUT2D eigenvalue weighted by molar-refractivity contribution is 7.98. The number of ether oxygens (including phenoxy) is 1. The number of halogens is 1. The summed E-state index contributed by atoms with van der Waals surface area (Å²) in [4.78, 5) is 4.41. The van der Waals surface area contributed by atoms with Gasteiger partial charge in [0.05, 0.1) is 0 Å². The van der Waals surface area contributed by atoms with Crippen LogP contribution in [0.1, 0.15) is 30.3 Å². The zero-order valence-electron chi connectivity index (χ0n) is 10.3. The van der Waals surface area contributed by atoms with Crippen molar-refractivity contribution in [1.29, 1.82) is 0 Å². The first-order valence-electron chi connectivity index (χ1n) is 6.22. The van der Waals surface area contributed by atoms with Crippen LogP contribution in [0.5, 0.6) is 0 Å². The van der Waals surface area contributed by atoms with E-state index < -0.39 is 0 Å². The van der Waals surface area contributed by atoms with E-state index in [4.69, 9.17) is 4.74 Å². The van der Waals surface area contributed by atoms with E-state index in [2.05, 4.69) is 15.2 Å². The lowest BCUT2D eigenvalue weighted by Crippen LogP contribution is -1.97. The van der Waals surface area contributed by atoms with E-state index in [0.29, 0.717) is 10.9 Å². The van der Waals surface area contributed by atoms with Gasteiger partial charge in [-0.3, -0.25) is 5.10 Å². The fourth-order valence-electron chi connectivity index (χ4n) is 2.03. The quantitative estimate of drug-likeness (QED) is 0.874. The smallest absolute Gasteiger partial charge is 0.208 e. The molecule has 3 rings (SSSR count). The fraction of sp³-hybridized carbons (Fsp3) is 0.385. The van der Waals surface area contributed by atoms with Gasteiger partial charge in [0.2, 0.25) is 5.16 Å². The lowest BCUT2D eigenvalue weighted by atomic mass is 10.2. The SMILES string of the molecule is Fc1cccc(CSc2n[nH]c([C@@H]3CCCO3)n2)c1. The summed E-state index contributed by atoms with van der Waals surface area (Å²) in [6.07, 6.45) is 2.11. The number of benzene rings is 1. The minimum Gasteiger partial charge on any atom is -0.370 e. The highest BCUT2D eigenvalue weighted by Gasteiger charge is 2.21. The summed E-state index contributed by atoms with van der Waals surface area (Å²) in [7, 11) is 0. The summed E-state index contributed by atoms with van der Waals surface area (Å²) < 4.78 is 18.6. The number of rotatable bonds is 4. The molecule has 1 aromatic heterocycles. The number of thioether (sulfide) groups is 1. The van der Waals surface area contributed by atoms with Gasteiger partial charge in [-0.2, -0.15) is 0 Å². The molecule has 1 fully saturated rings. The van der Waals surface area contributed by atoms with Crippen LogP contribution in [0.15, 0.2) is 29.4 Å². The van der Waals surface area contributed by atoms with Gasteiger partial charge in [0, 0.05) is 12.4 Å². The van der Waals surface area contributed by atoms with Gasteiger partial charge in [-0.05, 0) is 30.5 Å². The molecule has 19 heavy (non-hydrogen) atoms. The van der Waals surface area contributed by atoms with Gasteiger partial charge in [0.15, 0.2) is 5.82 Å². The molecule has 0 aliphatic carbocycles. The van der Waals surface area contributed by atoms with Crippen LogP contribution in [0.4, 0.5) is 4.39 Å². The van der Waals surface area contributed by atoms with E-state index in [0.717, 1.165) is 30.8 Å². The van der Waals surface area contributed by atoms with Crippen molar-refractivity contribution in [1.82, 2.24) is 15.2 Å². The summed E-state index contributed by atoms with van der Waals surface area (Å²) in [5.74, 6) is 1.23. The van der Waals surface area contributed by atoms with Gasteiger partial charge >= 0.3 is 0 Å². The van der Waals surface area contributed by atoms with E-state index in [1.165, 1.54) is 23.9 Å². The maximum absolute atomic E-state index is 13.0. The second-order valence-corrected chi connectivity index (χ2v) is 5.37. The third-order valence-electron chi connectivity index (χ3n) is 2.97. The molecule has 6 heteroatoms. The minimum absolute atomic E-state index is 0.0519. The summed E-state index contributed by atoms with van der Waals surface area (Å²) >= 11 is 1.49. The first-order valence-corrected chi connectivity index (χ1v) is 7.21. The summed E-state index contributed by atoms with van der Waals surface area (Å²) in [6.45, 7) is 0.789. The molecule has 0 saturated carbocycles. The van der Waals surface area contributed by atoms with Crippen molar-refractivity contribution in [3.63, 3.8) is 0 Å². The molecule has 4 nitrogen and oxygen atoms in total. The normalized spacial score (nSPS) is 18.9. The van der Waals surface area contributed by atoms with Gasteiger partial charge in [-0.25, -0.2) is 9.37 Å². The molecule has 100 valence electrons. The van der Waals surface area contributed by atoms with Gasteiger partial charge in [0.1, 0.15) is 11.9 Å². The van der Waals surface area contributed by atoms with E-state index in [1.54, 1.807) is 6.07 Å². The molecule has 1 N–H and O–H groups in total. The first kappa shape index (κ1) is 12.6. The largest absolute Gasteiger partial charge is 0.370 e. The number of hydrogen-bond acceptors (Lipinski definition) is 4. The van der Waals surface area contributed by atoms with Crippen LogP contribution in [-0.4, -0.2) is 21.8 Å². The van der Waals surface area contributed by atoms with E-state index in [1.807, 2.05) is 6.07 Å². The molecule has 0 amide bonds. The lowest BCUT2D eigenvalue weighted by molar-refractivity contribution is 0.105. The standard InChI is InChI=1S/C13H14FN3OS/c14-10-4-1-3-9(7-10)8-19-13-15-12(16-17-13)11-5-2-6-18-11/h1,3-4,7,11H,2,5-6,8H2,(H,15,16,17)/t11-/m0/s1. The Hall–Kier alpha value is -1.40.